The Morgan fingerprint density at radius 2 is 2.00 bits per heavy atom. The molecule has 2 N–H and O–H groups in total. The lowest BCUT2D eigenvalue weighted by atomic mass is 10.0. The van der Waals surface area contributed by atoms with Crippen LogP contribution in [0.25, 0.3) is 51.9 Å². The molecule has 162 valence electrons. The lowest BCUT2D eigenvalue weighted by molar-refractivity contribution is 0.628. The van der Waals surface area contributed by atoms with Crippen molar-refractivity contribution in [2.75, 3.05) is 0 Å². The lowest BCUT2D eigenvalue weighted by Gasteiger charge is -2.03. The Bertz CT molecular complexity index is 1630. The second-order valence-corrected chi connectivity index (χ2v) is 7.85. The molecule has 5 rings (SSSR count). The molecule has 0 radical (unpaired) electrons. The largest absolute Gasteiger partial charge is 0.335 e. The van der Waals surface area contributed by atoms with E-state index in [0.29, 0.717) is 22.6 Å². The van der Waals surface area contributed by atoms with Crippen LogP contribution in [0.3, 0.4) is 0 Å². The van der Waals surface area contributed by atoms with E-state index in [0.717, 1.165) is 38.3 Å². The number of imidazole rings is 1. The van der Waals surface area contributed by atoms with E-state index in [1.165, 1.54) is 12.1 Å². The van der Waals surface area contributed by atoms with Gasteiger partial charge in [0.25, 0.3) is 0 Å². The van der Waals surface area contributed by atoms with Gasteiger partial charge in [-0.15, -0.1) is 0 Å². The molecule has 0 aliphatic carbocycles. The molecule has 0 bridgehead atoms. The number of rotatable bonds is 4. The fourth-order valence-corrected chi connectivity index (χ4v) is 3.80. The van der Waals surface area contributed by atoms with E-state index >= 15 is 0 Å². The van der Waals surface area contributed by atoms with Crippen molar-refractivity contribution >= 4 is 29.3 Å². The number of hydrogen-bond acceptors (Lipinski definition) is 4. The molecule has 0 saturated heterocycles. The maximum atomic E-state index is 13.8. The summed E-state index contributed by atoms with van der Waals surface area (Å²) in [5.74, 6) is 0.262. The molecule has 1 aromatic carbocycles. The van der Waals surface area contributed by atoms with E-state index in [1.54, 1.807) is 24.7 Å². The van der Waals surface area contributed by atoms with Crippen molar-refractivity contribution in [3.05, 3.63) is 88.7 Å². The number of nitrogens with zero attached hydrogens (tertiary/aromatic N) is 4. The van der Waals surface area contributed by atoms with Crippen molar-refractivity contribution in [2.45, 2.75) is 13.8 Å². The molecule has 33 heavy (non-hydrogen) atoms. The summed E-state index contributed by atoms with van der Waals surface area (Å²) < 4.78 is 13.8. The van der Waals surface area contributed by atoms with Crippen molar-refractivity contribution in [2.24, 2.45) is 0 Å². The maximum Gasteiger partial charge on any atom is 0.159 e. The molecule has 4 aromatic heterocycles. The van der Waals surface area contributed by atoms with Crippen LogP contribution in [0.15, 0.2) is 61.2 Å². The average molecular weight is 436 g/mol. The van der Waals surface area contributed by atoms with Gasteiger partial charge in [0.05, 0.1) is 22.6 Å². The van der Waals surface area contributed by atoms with Gasteiger partial charge in [-0.25, -0.2) is 9.37 Å². The Morgan fingerprint density at radius 3 is 2.82 bits per heavy atom. The van der Waals surface area contributed by atoms with Gasteiger partial charge in [-0.2, -0.15) is 5.10 Å². The summed E-state index contributed by atoms with van der Waals surface area (Å²) in [6.07, 6.45) is 11.0. The van der Waals surface area contributed by atoms with Crippen molar-refractivity contribution in [1.29, 1.82) is 0 Å². The van der Waals surface area contributed by atoms with Crippen molar-refractivity contribution in [1.82, 2.24) is 30.1 Å². The van der Waals surface area contributed by atoms with E-state index in [2.05, 4.69) is 38.7 Å². The van der Waals surface area contributed by atoms with Gasteiger partial charge in [-0.05, 0) is 60.4 Å². The molecule has 0 amide bonds. The third-order valence-corrected chi connectivity index (χ3v) is 5.62. The van der Waals surface area contributed by atoms with E-state index < -0.39 is 0 Å². The highest BCUT2D eigenvalue weighted by molar-refractivity contribution is 5.92. The molecule has 7 heteroatoms. The van der Waals surface area contributed by atoms with Gasteiger partial charge in [0.15, 0.2) is 5.82 Å². The van der Waals surface area contributed by atoms with Crippen LogP contribution in [0.4, 0.5) is 4.39 Å². The molecular formula is C26H21FN6. The summed E-state index contributed by atoms with van der Waals surface area (Å²) >= 11 is 0. The van der Waals surface area contributed by atoms with Crippen LogP contribution in [-0.2, 0) is 0 Å². The van der Waals surface area contributed by atoms with E-state index in [9.17, 15) is 4.39 Å². The minimum absolute atomic E-state index is 0.308. The highest BCUT2D eigenvalue weighted by atomic mass is 19.1. The van der Waals surface area contributed by atoms with Gasteiger partial charge in [-0.1, -0.05) is 24.8 Å². The van der Waals surface area contributed by atoms with Gasteiger partial charge in [0.1, 0.15) is 11.5 Å². The first-order chi connectivity index (χ1) is 16.0. The van der Waals surface area contributed by atoms with Crippen LogP contribution in [-0.4, -0.2) is 30.1 Å². The quantitative estimate of drug-likeness (QED) is 0.443. The zero-order valence-electron chi connectivity index (χ0n) is 18.2. The number of aryl methyl sites for hydroxylation is 1. The van der Waals surface area contributed by atoms with Crippen molar-refractivity contribution in [3.63, 3.8) is 0 Å². The summed E-state index contributed by atoms with van der Waals surface area (Å²) in [5, 5.41) is 8.98. The Morgan fingerprint density at radius 1 is 1.12 bits per heavy atom. The number of aromatic nitrogens is 6. The van der Waals surface area contributed by atoms with Gasteiger partial charge in [-0.3, -0.25) is 15.1 Å². The van der Waals surface area contributed by atoms with Crippen LogP contribution in [0, 0.1) is 12.7 Å². The number of hydrogen-bond donors (Lipinski definition) is 2. The maximum absolute atomic E-state index is 13.8. The normalized spacial score (nSPS) is 12.6. The summed E-state index contributed by atoms with van der Waals surface area (Å²) in [6, 6.07) is 8.38. The fourth-order valence-electron chi connectivity index (χ4n) is 3.80. The second kappa shape index (κ2) is 8.27. The zero-order valence-corrected chi connectivity index (χ0v) is 18.2. The first-order valence-electron chi connectivity index (χ1n) is 10.4. The Kier molecular flexibility index (Phi) is 5.14. The second-order valence-electron chi connectivity index (χ2n) is 7.85. The smallest absolute Gasteiger partial charge is 0.159 e. The molecule has 0 fully saturated rings. The SMILES string of the molecule is C=c1c(-c2nc3c(-c4cccc(F)c4)cncc3[nH]2)n[nH]/c1=C/C=C(\C)c1cnccc1C. The predicted octanol–water partition coefficient (Wildman–Crippen LogP) is 4.15. The molecular weight excluding hydrogens is 415 g/mol. The Labute approximate surface area is 189 Å². The molecule has 0 aliphatic rings. The minimum Gasteiger partial charge on any atom is -0.335 e. The van der Waals surface area contributed by atoms with Crippen LogP contribution in [0.2, 0.25) is 0 Å². The summed E-state index contributed by atoms with van der Waals surface area (Å²) in [6.45, 7) is 8.30. The number of aromatic amines is 2. The highest BCUT2D eigenvalue weighted by Gasteiger charge is 2.14. The van der Waals surface area contributed by atoms with Gasteiger partial charge >= 0.3 is 0 Å². The molecule has 4 heterocycles. The number of allylic oxidation sites excluding steroid dienone is 2. The van der Waals surface area contributed by atoms with Crippen LogP contribution in [0.1, 0.15) is 18.1 Å². The fraction of sp³-hybridized carbons (Fsp3) is 0.0769. The number of pyridine rings is 2. The monoisotopic (exact) mass is 436 g/mol. The van der Waals surface area contributed by atoms with Crippen molar-refractivity contribution < 1.29 is 4.39 Å². The number of benzene rings is 1. The molecule has 0 atom stereocenters. The van der Waals surface area contributed by atoms with Gasteiger partial charge in [0, 0.05) is 29.4 Å². The Hall–Kier alpha value is -4.39. The topological polar surface area (TPSA) is 83.1 Å². The van der Waals surface area contributed by atoms with Crippen LogP contribution in [0.5, 0.6) is 0 Å². The third kappa shape index (κ3) is 3.85. The minimum atomic E-state index is -0.308. The molecule has 0 unspecified atom stereocenters. The summed E-state index contributed by atoms with van der Waals surface area (Å²) in [7, 11) is 0. The number of halogens is 1. The molecule has 0 spiro atoms. The summed E-state index contributed by atoms with van der Waals surface area (Å²) in [4.78, 5) is 16.5. The Balaban J connectivity index is 1.55. The van der Waals surface area contributed by atoms with Gasteiger partial charge < -0.3 is 4.98 Å². The average Bonchev–Trinajstić information content (AvgIpc) is 3.40. The highest BCUT2D eigenvalue weighted by Crippen LogP contribution is 2.28. The lowest BCUT2D eigenvalue weighted by Crippen LogP contribution is -2.21. The standard InChI is InChI=1S/C26H21FN6/c1-15(20-12-28-10-9-16(20)2)7-8-22-17(3)24(33-32-22)26-30-23-14-29-13-21(25(23)31-26)18-5-4-6-19(27)11-18/h4-14,32H,3H2,1-2H3,(H,30,31)/b15-7+,22-8+. The number of nitrogens with one attached hydrogen (secondary N) is 2. The molecule has 6 nitrogen and oxygen atoms in total. The predicted molar refractivity (Wildman–Crippen MR) is 129 cm³/mol. The van der Waals surface area contributed by atoms with E-state index in [1.807, 2.05) is 37.4 Å². The third-order valence-electron chi connectivity index (χ3n) is 5.62. The molecule has 0 saturated carbocycles. The van der Waals surface area contributed by atoms with E-state index in [-0.39, 0.29) is 5.82 Å². The van der Waals surface area contributed by atoms with Gasteiger partial charge in [0.2, 0.25) is 0 Å². The molecule has 0 aliphatic heterocycles. The summed E-state index contributed by atoms with van der Waals surface area (Å²) in [5.41, 5.74) is 6.85. The first kappa shape index (κ1) is 20.5. The molecule has 5 aromatic rings. The van der Waals surface area contributed by atoms with E-state index in [4.69, 9.17) is 4.98 Å². The van der Waals surface area contributed by atoms with Crippen LogP contribution >= 0.6 is 0 Å². The first-order valence-corrected chi connectivity index (χ1v) is 10.4. The zero-order chi connectivity index (χ0) is 22.9. The number of fused-ring (bicyclic) bond motifs is 1. The number of H-pyrrole nitrogens is 2. The van der Waals surface area contributed by atoms with Crippen LogP contribution < -0.4 is 10.6 Å². The van der Waals surface area contributed by atoms with Crippen molar-refractivity contribution in [3.8, 4) is 22.6 Å².